The molecule has 2 aromatic rings. The number of carbonyl (C=O) groups excluding carboxylic acids is 1. The van der Waals surface area contributed by atoms with Crippen LogP contribution in [0.25, 0.3) is 6.08 Å². The van der Waals surface area contributed by atoms with E-state index >= 15 is 0 Å². The first-order chi connectivity index (χ1) is 15.0. The van der Waals surface area contributed by atoms with Crippen LogP contribution >= 0.6 is 27.7 Å². The largest absolute Gasteiger partial charge is 0.497 e. The van der Waals surface area contributed by atoms with Gasteiger partial charge in [0.25, 0.3) is 5.91 Å². The molecule has 0 unspecified atom stereocenters. The van der Waals surface area contributed by atoms with Crippen molar-refractivity contribution in [2.45, 2.75) is 20.3 Å². The van der Waals surface area contributed by atoms with E-state index in [1.165, 1.54) is 11.8 Å². The highest BCUT2D eigenvalue weighted by Crippen LogP contribution is 2.38. The van der Waals surface area contributed by atoms with Crippen molar-refractivity contribution >= 4 is 50.5 Å². The van der Waals surface area contributed by atoms with Crippen LogP contribution in [0.5, 0.6) is 17.2 Å². The molecule has 1 aliphatic rings. The number of ether oxygens (including phenoxy) is 3. The van der Waals surface area contributed by atoms with Gasteiger partial charge in [0.15, 0.2) is 16.7 Å². The van der Waals surface area contributed by atoms with Crippen LogP contribution in [-0.4, -0.2) is 43.3 Å². The van der Waals surface area contributed by atoms with Gasteiger partial charge >= 0.3 is 0 Å². The average Bonchev–Trinajstić information content (AvgIpc) is 3.05. The maximum Gasteiger partial charge on any atom is 0.266 e. The van der Waals surface area contributed by atoms with Crippen LogP contribution in [0.15, 0.2) is 50.8 Å². The molecule has 1 aliphatic heterocycles. The molecule has 8 heteroatoms. The molecule has 0 bridgehead atoms. The van der Waals surface area contributed by atoms with Crippen molar-refractivity contribution < 1.29 is 19.0 Å². The SMILES string of the molecule is CCCN1C(=O)C(=Cc2cc(OC)c(OCC)cc2Br)SC1=Nc1ccc(OC)cc1. The van der Waals surface area contributed by atoms with Gasteiger partial charge < -0.3 is 14.2 Å². The topological polar surface area (TPSA) is 60.4 Å². The number of nitrogens with zero attached hydrogens (tertiary/aromatic N) is 2. The summed E-state index contributed by atoms with van der Waals surface area (Å²) in [5, 5.41) is 0.664. The van der Waals surface area contributed by atoms with Crippen molar-refractivity contribution in [2.24, 2.45) is 4.99 Å². The molecule has 0 N–H and O–H groups in total. The molecule has 164 valence electrons. The maximum absolute atomic E-state index is 13.1. The molecule has 0 aromatic heterocycles. The predicted octanol–water partition coefficient (Wildman–Crippen LogP) is 5.88. The summed E-state index contributed by atoms with van der Waals surface area (Å²) < 4.78 is 17.1. The Hall–Kier alpha value is -2.45. The summed E-state index contributed by atoms with van der Waals surface area (Å²) in [6.07, 6.45) is 2.69. The summed E-state index contributed by atoms with van der Waals surface area (Å²) in [4.78, 5) is 20.1. The van der Waals surface area contributed by atoms with Crippen LogP contribution < -0.4 is 14.2 Å². The zero-order valence-corrected chi connectivity index (χ0v) is 20.4. The lowest BCUT2D eigenvalue weighted by Gasteiger charge is -2.14. The summed E-state index contributed by atoms with van der Waals surface area (Å²) in [7, 11) is 3.22. The van der Waals surface area contributed by atoms with Gasteiger partial charge in [0.1, 0.15) is 5.75 Å². The molecule has 0 radical (unpaired) electrons. The van der Waals surface area contributed by atoms with Gasteiger partial charge in [-0.15, -0.1) is 0 Å². The monoisotopic (exact) mass is 504 g/mol. The van der Waals surface area contributed by atoms with Gasteiger partial charge in [-0.3, -0.25) is 9.69 Å². The van der Waals surface area contributed by atoms with E-state index in [0.29, 0.717) is 34.7 Å². The number of rotatable bonds is 8. The number of thioether (sulfide) groups is 1. The number of amidine groups is 1. The quantitative estimate of drug-likeness (QED) is 0.420. The Kier molecular flexibility index (Phi) is 8.03. The third-order valence-electron chi connectivity index (χ3n) is 4.50. The molecular weight excluding hydrogens is 480 g/mol. The Bertz CT molecular complexity index is 1010. The highest BCUT2D eigenvalue weighted by Gasteiger charge is 2.33. The smallest absolute Gasteiger partial charge is 0.266 e. The number of halogens is 1. The summed E-state index contributed by atoms with van der Waals surface area (Å²) in [6, 6.07) is 11.2. The van der Waals surface area contributed by atoms with Crippen LogP contribution in [-0.2, 0) is 4.79 Å². The minimum atomic E-state index is -0.0566. The zero-order valence-electron chi connectivity index (χ0n) is 18.0. The molecule has 6 nitrogen and oxygen atoms in total. The first-order valence-corrected chi connectivity index (χ1v) is 11.6. The highest BCUT2D eigenvalue weighted by molar-refractivity contribution is 9.10. The summed E-state index contributed by atoms with van der Waals surface area (Å²) in [5.74, 6) is 1.97. The number of carbonyl (C=O) groups is 1. The Balaban J connectivity index is 1.95. The fourth-order valence-corrected chi connectivity index (χ4v) is 4.46. The molecule has 0 saturated carbocycles. The van der Waals surface area contributed by atoms with Crippen LogP contribution in [0.4, 0.5) is 5.69 Å². The molecule has 3 rings (SSSR count). The van der Waals surface area contributed by atoms with Crippen LogP contribution in [0.2, 0.25) is 0 Å². The minimum absolute atomic E-state index is 0.0566. The lowest BCUT2D eigenvalue weighted by molar-refractivity contribution is -0.122. The lowest BCUT2D eigenvalue weighted by atomic mass is 10.2. The standard InChI is InChI=1S/C23H25BrN2O4S/c1-5-11-26-22(27)21(31-23(26)25-16-7-9-17(28-3)10-8-16)13-15-12-19(29-4)20(30-6-2)14-18(15)24/h7-10,12-14H,5-6,11H2,1-4H3. The van der Waals surface area contributed by atoms with Crippen molar-refractivity contribution in [1.82, 2.24) is 4.90 Å². The molecule has 1 saturated heterocycles. The number of methoxy groups -OCH3 is 2. The summed E-state index contributed by atoms with van der Waals surface area (Å²) in [5.41, 5.74) is 1.60. The molecule has 2 aromatic carbocycles. The van der Waals surface area contributed by atoms with E-state index in [1.54, 1.807) is 19.1 Å². The Morgan fingerprint density at radius 3 is 2.45 bits per heavy atom. The number of hydrogen-bond acceptors (Lipinski definition) is 6. The second kappa shape index (κ2) is 10.7. The number of aliphatic imine (C=N–C) groups is 1. The van der Waals surface area contributed by atoms with Crippen molar-refractivity contribution in [2.75, 3.05) is 27.4 Å². The van der Waals surface area contributed by atoms with Gasteiger partial charge in [-0.05, 0) is 73.1 Å². The van der Waals surface area contributed by atoms with Crippen molar-refractivity contribution in [1.29, 1.82) is 0 Å². The van der Waals surface area contributed by atoms with Gasteiger partial charge in [0.2, 0.25) is 0 Å². The van der Waals surface area contributed by atoms with Crippen LogP contribution in [0.3, 0.4) is 0 Å². The average molecular weight is 505 g/mol. The third kappa shape index (κ3) is 5.43. The Morgan fingerprint density at radius 2 is 1.84 bits per heavy atom. The molecule has 0 spiro atoms. The van der Waals surface area contributed by atoms with Gasteiger partial charge in [0, 0.05) is 11.0 Å². The maximum atomic E-state index is 13.1. The molecule has 1 heterocycles. The van der Waals surface area contributed by atoms with Crippen LogP contribution in [0.1, 0.15) is 25.8 Å². The predicted molar refractivity (Wildman–Crippen MR) is 130 cm³/mol. The van der Waals surface area contributed by atoms with E-state index in [2.05, 4.69) is 15.9 Å². The molecule has 1 fully saturated rings. The minimum Gasteiger partial charge on any atom is -0.497 e. The molecule has 0 aliphatic carbocycles. The van der Waals surface area contributed by atoms with E-state index in [4.69, 9.17) is 19.2 Å². The Morgan fingerprint density at radius 1 is 1.10 bits per heavy atom. The van der Waals surface area contributed by atoms with Crippen molar-refractivity contribution in [3.8, 4) is 17.2 Å². The van der Waals surface area contributed by atoms with E-state index in [0.717, 1.165) is 27.9 Å². The summed E-state index contributed by atoms with van der Waals surface area (Å²) in [6.45, 7) is 5.10. The Labute approximate surface area is 195 Å². The van der Waals surface area contributed by atoms with E-state index in [-0.39, 0.29) is 5.91 Å². The fraction of sp³-hybridized carbons (Fsp3) is 0.304. The van der Waals surface area contributed by atoms with E-state index in [9.17, 15) is 4.79 Å². The highest BCUT2D eigenvalue weighted by atomic mass is 79.9. The molecule has 0 atom stereocenters. The van der Waals surface area contributed by atoms with Gasteiger partial charge in [-0.1, -0.05) is 22.9 Å². The third-order valence-corrected chi connectivity index (χ3v) is 6.20. The second-order valence-electron chi connectivity index (χ2n) is 6.62. The lowest BCUT2D eigenvalue weighted by Crippen LogP contribution is -2.29. The van der Waals surface area contributed by atoms with Gasteiger partial charge in [-0.2, -0.15) is 0 Å². The van der Waals surface area contributed by atoms with Crippen LogP contribution in [0, 0.1) is 0 Å². The van der Waals surface area contributed by atoms with E-state index in [1.807, 2.05) is 56.3 Å². The summed E-state index contributed by atoms with van der Waals surface area (Å²) >= 11 is 4.95. The fourth-order valence-electron chi connectivity index (χ4n) is 3.01. The number of benzene rings is 2. The first-order valence-electron chi connectivity index (χ1n) is 9.95. The molecular formula is C23H25BrN2O4S. The first kappa shape index (κ1) is 23.2. The second-order valence-corrected chi connectivity index (χ2v) is 8.48. The van der Waals surface area contributed by atoms with Gasteiger partial charge in [-0.25, -0.2) is 4.99 Å². The molecule has 1 amide bonds. The number of amides is 1. The zero-order chi connectivity index (χ0) is 22.4. The normalized spacial score (nSPS) is 16.3. The van der Waals surface area contributed by atoms with Gasteiger partial charge in [0.05, 0.1) is 31.4 Å². The number of hydrogen-bond donors (Lipinski definition) is 0. The van der Waals surface area contributed by atoms with E-state index < -0.39 is 0 Å². The molecule has 31 heavy (non-hydrogen) atoms. The van der Waals surface area contributed by atoms with Crippen molar-refractivity contribution in [3.05, 3.63) is 51.3 Å². The van der Waals surface area contributed by atoms with Crippen molar-refractivity contribution in [3.63, 3.8) is 0 Å².